The van der Waals surface area contributed by atoms with Crippen molar-refractivity contribution in [1.82, 2.24) is 15.1 Å². The van der Waals surface area contributed by atoms with Crippen molar-refractivity contribution in [3.05, 3.63) is 39.2 Å². The van der Waals surface area contributed by atoms with Gasteiger partial charge in [-0.15, -0.1) is 0 Å². The third-order valence-corrected chi connectivity index (χ3v) is 9.25. The molecule has 0 unspecified atom stereocenters. The van der Waals surface area contributed by atoms with Crippen molar-refractivity contribution in [3.63, 3.8) is 0 Å². The molecule has 2 bridgehead atoms. The van der Waals surface area contributed by atoms with Gasteiger partial charge in [0.2, 0.25) is 11.7 Å². The molecule has 1 aliphatic carbocycles. The molecule has 5 rings (SSSR count). The maximum Gasteiger partial charge on any atom is 0.236 e. The SMILES string of the molecule is COC1=C(C)C(=O)C2=C(C1=O)[C@H](CNC(=O)[C@H](C)N)N1[C@@H](O)[C@H]3[C@@H](OC)c4c(O)c(C)c(OC)c(O)c4[C@H]([C@@H]1C2)N3C. The van der Waals surface area contributed by atoms with Crippen molar-refractivity contribution < 1.29 is 43.9 Å². The number of Topliss-reactive ketones (excluding diaryl/α,β-unsaturated/α-hetero) is 2. The number of nitrogens with one attached hydrogen (secondary N) is 1. The number of nitrogens with two attached hydrogens (primary N) is 1. The minimum Gasteiger partial charge on any atom is -0.507 e. The molecule has 13 nitrogen and oxygen atoms in total. The summed E-state index contributed by atoms with van der Waals surface area (Å²) < 4.78 is 16.7. The third-order valence-electron chi connectivity index (χ3n) is 9.25. The predicted octanol–water partition coefficient (Wildman–Crippen LogP) is 0.0645. The molecule has 4 aliphatic rings. The lowest BCUT2D eigenvalue weighted by atomic mass is 9.70. The molecule has 1 aromatic carbocycles. The Hall–Kier alpha value is -3.49. The number of carbonyl (C=O) groups is 3. The monoisotopic (exact) mass is 586 g/mol. The molecule has 0 radical (unpaired) electrons. The number of hydrogen-bond acceptors (Lipinski definition) is 12. The third kappa shape index (κ3) is 3.98. The lowest BCUT2D eigenvalue weighted by Gasteiger charge is -2.61. The summed E-state index contributed by atoms with van der Waals surface area (Å²) in [5.41, 5.74) is 7.30. The van der Waals surface area contributed by atoms with Gasteiger partial charge in [0.05, 0.1) is 38.4 Å². The number of phenolic OH excluding ortho intramolecular Hbond substituents is 2. The molecule has 42 heavy (non-hydrogen) atoms. The zero-order valence-corrected chi connectivity index (χ0v) is 24.7. The largest absolute Gasteiger partial charge is 0.507 e. The van der Waals surface area contributed by atoms with Crippen molar-refractivity contribution in [3.8, 4) is 17.2 Å². The van der Waals surface area contributed by atoms with Crippen LogP contribution in [0.5, 0.6) is 17.2 Å². The predicted molar refractivity (Wildman–Crippen MR) is 149 cm³/mol. The lowest BCUT2D eigenvalue weighted by Crippen LogP contribution is -2.72. The van der Waals surface area contributed by atoms with Gasteiger partial charge in [0.15, 0.2) is 23.0 Å². The molecule has 0 aromatic heterocycles. The fraction of sp³-hybridized carbons (Fsp3) is 0.552. The summed E-state index contributed by atoms with van der Waals surface area (Å²) in [6.45, 7) is 4.52. The number of allylic oxidation sites excluding steroid dienone is 2. The highest BCUT2D eigenvalue weighted by molar-refractivity contribution is 6.25. The quantitative estimate of drug-likeness (QED) is 0.224. The summed E-state index contributed by atoms with van der Waals surface area (Å²) in [6, 6.07) is -3.93. The molecule has 1 saturated heterocycles. The van der Waals surface area contributed by atoms with Crippen LogP contribution in [0.15, 0.2) is 22.5 Å². The maximum atomic E-state index is 13.8. The normalized spacial score (nSPS) is 30.0. The Morgan fingerprint density at radius 1 is 1.10 bits per heavy atom. The zero-order chi connectivity index (χ0) is 30.9. The average Bonchev–Trinajstić information content (AvgIpc) is 2.95. The second-order valence-corrected chi connectivity index (χ2v) is 11.3. The summed E-state index contributed by atoms with van der Waals surface area (Å²) in [4.78, 5) is 43.6. The number of rotatable bonds is 6. The summed E-state index contributed by atoms with van der Waals surface area (Å²) in [6.07, 6.45) is -2.15. The smallest absolute Gasteiger partial charge is 0.236 e. The fourth-order valence-corrected chi connectivity index (χ4v) is 7.34. The number of piperazine rings is 1. The van der Waals surface area contributed by atoms with Gasteiger partial charge in [-0.25, -0.2) is 0 Å². The first-order valence-electron chi connectivity index (χ1n) is 13.8. The summed E-state index contributed by atoms with van der Waals surface area (Å²) in [7, 11) is 5.91. The van der Waals surface area contributed by atoms with Gasteiger partial charge in [-0.2, -0.15) is 0 Å². The van der Waals surface area contributed by atoms with Crippen LogP contribution in [0.4, 0.5) is 0 Å². The van der Waals surface area contributed by atoms with E-state index < -0.39 is 54.2 Å². The Bertz CT molecular complexity index is 1430. The first-order chi connectivity index (χ1) is 19.8. The summed E-state index contributed by atoms with van der Waals surface area (Å²) in [5, 5.41) is 37.7. The van der Waals surface area contributed by atoms with Crippen LogP contribution in [-0.2, 0) is 23.9 Å². The number of ether oxygens (including phenoxy) is 3. The Kier molecular flexibility index (Phi) is 7.60. The van der Waals surface area contributed by atoms with E-state index in [1.54, 1.807) is 18.9 Å². The van der Waals surface area contributed by atoms with Gasteiger partial charge in [-0.3, -0.25) is 24.2 Å². The van der Waals surface area contributed by atoms with Gasteiger partial charge in [-0.05, 0) is 34.2 Å². The van der Waals surface area contributed by atoms with E-state index in [1.807, 2.05) is 4.90 Å². The molecule has 3 heterocycles. The number of carbonyl (C=O) groups excluding carboxylic acids is 3. The van der Waals surface area contributed by atoms with Crippen molar-refractivity contribution >= 4 is 17.5 Å². The van der Waals surface area contributed by atoms with Gasteiger partial charge in [0.1, 0.15) is 18.1 Å². The topological polar surface area (TPSA) is 184 Å². The number of hydrogen-bond donors (Lipinski definition) is 5. The molecule has 1 fully saturated rings. The standard InChI is InChI=1S/C29H38N4O9/c1-10-21(34)13-8-14-19-17-18(22(35)11(2)26(41-6)24(17)37)27(42-7)20(32(19)4)29(39)33(14)15(9-31-28(38)12(3)30)16(13)23(36)25(10)40-5/h12,14-15,19-20,27,29,35,37,39H,8-9,30H2,1-7H3,(H,31,38)/t12-,14-,15-,19-,20+,27-,29-/m0/s1. The Morgan fingerprint density at radius 2 is 1.76 bits per heavy atom. The molecule has 0 spiro atoms. The summed E-state index contributed by atoms with van der Waals surface area (Å²) in [5.74, 6) is -1.66. The van der Waals surface area contributed by atoms with E-state index in [2.05, 4.69) is 5.32 Å². The first-order valence-corrected chi connectivity index (χ1v) is 13.8. The second kappa shape index (κ2) is 10.7. The number of aromatic hydroxyl groups is 2. The number of methoxy groups -OCH3 is 3. The number of aliphatic hydroxyl groups excluding tert-OH is 1. The number of amides is 1. The van der Waals surface area contributed by atoms with E-state index in [-0.39, 0.29) is 58.5 Å². The molecule has 0 saturated carbocycles. The average molecular weight is 587 g/mol. The number of likely N-dealkylation sites (N-methyl/N-ethyl adjacent to an activating group) is 1. The van der Waals surface area contributed by atoms with Crippen LogP contribution in [-0.4, -0.2) is 108 Å². The molecule has 228 valence electrons. The van der Waals surface area contributed by atoms with Crippen molar-refractivity contribution in [2.24, 2.45) is 5.73 Å². The number of phenols is 2. The van der Waals surface area contributed by atoms with Crippen LogP contribution in [0.25, 0.3) is 0 Å². The van der Waals surface area contributed by atoms with Crippen LogP contribution >= 0.6 is 0 Å². The molecule has 1 amide bonds. The fourth-order valence-electron chi connectivity index (χ4n) is 7.34. The van der Waals surface area contributed by atoms with E-state index in [9.17, 15) is 29.7 Å². The Morgan fingerprint density at radius 3 is 2.33 bits per heavy atom. The number of ketones is 2. The lowest BCUT2D eigenvalue weighted by molar-refractivity contribution is -0.198. The number of fused-ring (bicyclic) bond motifs is 6. The molecule has 1 aromatic rings. The molecule has 13 heteroatoms. The van der Waals surface area contributed by atoms with Gasteiger partial charge >= 0.3 is 0 Å². The molecular weight excluding hydrogens is 548 g/mol. The van der Waals surface area contributed by atoms with Gasteiger partial charge in [0.25, 0.3) is 0 Å². The first kappa shape index (κ1) is 30.0. The minimum atomic E-state index is -1.29. The van der Waals surface area contributed by atoms with Gasteiger partial charge in [-0.1, -0.05) is 0 Å². The van der Waals surface area contributed by atoms with E-state index in [0.29, 0.717) is 16.7 Å². The number of benzene rings is 1. The van der Waals surface area contributed by atoms with E-state index in [1.165, 1.54) is 35.2 Å². The molecule has 3 aliphatic heterocycles. The van der Waals surface area contributed by atoms with E-state index in [0.717, 1.165) is 0 Å². The van der Waals surface area contributed by atoms with Crippen LogP contribution in [0.3, 0.4) is 0 Å². The maximum absolute atomic E-state index is 13.8. The van der Waals surface area contributed by atoms with Crippen molar-refractivity contribution in [2.45, 2.75) is 69.7 Å². The van der Waals surface area contributed by atoms with Crippen LogP contribution in [0.2, 0.25) is 0 Å². The Labute approximate surface area is 243 Å². The van der Waals surface area contributed by atoms with Gasteiger partial charge < -0.3 is 40.6 Å². The highest BCUT2D eigenvalue weighted by Gasteiger charge is 2.60. The molecule has 6 N–H and O–H groups in total. The van der Waals surface area contributed by atoms with E-state index >= 15 is 0 Å². The number of nitrogens with zero attached hydrogens (tertiary/aromatic N) is 2. The van der Waals surface area contributed by atoms with Crippen LogP contribution < -0.4 is 15.8 Å². The number of aliphatic hydroxyl groups is 1. The highest BCUT2D eigenvalue weighted by atomic mass is 16.5. The van der Waals surface area contributed by atoms with Crippen molar-refractivity contribution in [1.29, 1.82) is 0 Å². The second-order valence-electron chi connectivity index (χ2n) is 11.3. The minimum absolute atomic E-state index is 0.0399. The summed E-state index contributed by atoms with van der Waals surface area (Å²) >= 11 is 0. The molecule has 7 atom stereocenters. The Balaban J connectivity index is 1.76. The van der Waals surface area contributed by atoms with E-state index in [4.69, 9.17) is 19.9 Å². The zero-order valence-electron chi connectivity index (χ0n) is 24.7. The molecular formula is C29H38N4O9. The van der Waals surface area contributed by atoms with Crippen LogP contribution in [0.1, 0.15) is 49.1 Å². The van der Waals surface area contributed by atoms with Gasteiger partial charge in [0, 0.05) is 53.1 Å². The van der Waals surface area contributed by atoms with Crippen LogP contribution in [0, 0.1) is 6.92 Å². The van der Waals surface area contributed by atoms with Crippen molar-refractivity contribution in [2.75, 3.05) is 34.9 Å². The highest BCUT2D eigenvalue weighted by Crippen LogP contribution is 2.59.